The van der Waals surface area contributed by atoms with Gasteiger partial charge in [-0.05, 0) is 29.3 Å². The average molecular weight is 266 g/mol. The van der Waals surface area contributed by atoms with Gasteiger partial charge in [0.2, 0.25) is 0 Å². The number of rotatable bonds is 3. The Morgan fingerprint density at radius 1 is 1.00 bits per heavy atom. The van der Waals surface area contributed by atoms with Gasteiger partial charge in [-0.2, -0.15) is 5.26 Å². The van der Waals surface area contributed by atoms with Crippen molar-refractivity contribution in [1.82, 2.24) is 0 Å². The molecule has 0 unspecified atom stereocenters. The van der Waals surface area contributed by atoms with Gasteiger partial charge in [0.15, 0.2) is 0 Å². The van der Waals surface area contributed by atoms with Gasteiger partial charge in [0, 0.05) is 5.02 Å². The Morgan fingerprint density at radius 2 is 1.68 bits per heavy atom. The Labute approximate surface area is 118 Å². The zero-order valence-corrected chi connectivity index (χ0v) is 11.0. The predicted molar refractivity (Wildman–Crippen MR) is 80.5 cm³/mol. The molecule has 2 aromatic carbocycles. The molecule has 0 aliphatic carbocycles. The molecule has 2 aromatic rings. The highest BCUT2D eigenvalue weighted by molar-refractivity contribution is 6.30. The van der Waals surface area contributed by atoms with Crippen LogP contribution < -0.4 is 0 Å². The third-order valence-corrected chi connectivity index (χ3v) is 2.88. The number of halogens is 1. The van der Waals surface area contributed by atoms with Crippen molar-refractivity contribution in [1.29, 1.82) is 5.26 Å². The highest BCUT2D eigenvalue weighted by Gasteiger charge is 1.98. The molecule has 0 fully saturated rings. The quantitative estimate of drug-likeness (QED) is 0.568. The Balaban J connectivity index is 2.19. The lowest BCUT2D eigenvalue weighted by Gasteiger charge is -1.97. The van der Waals surface area contributed by atoms with E-state index in [9.17, 15) is 0 Å². The molecular formula is C17H12ClN. The van der Waals surface area contributed by atoms with Crippen molar-refractivity contribution >= 4 is 23.3 Å². The van der Waals surface area contributed by atoms with E-state index in [2.05, 4.69) is 6.07 Å². The van der Waals surface area contributed by atoms with E-state index < -0.39 is 0 Å². The van der Waals surface area contributed by atoms with Crippen molar-refractivity contribution in [3.05, 3.63) is 82.9 Å². The maximum atomic E-state index is 9.16. The topological polar surface area (TPSA) is 23.8 Å². The van der Waals surface area contributed by atoms with Gasteiger partial charge >= 0.3 is 0 Å². The second kappa shape index (κ2) is 6.58. The lowest BCUT2D eigenvalue weighted by atomic mass is 10.1. The molecule has 0 atom stereocenters. The zero-order valence-electron chi connectivity index (χ0n) is 10.3. The van der Waals surface area contributed by atoms with Gasteiger partial charge in [0.25, 0.3) is 0 Å². The lowest BCUT2D eigenvalue weighted by molar-refractivity contribution is 1.52. The van der Waals surface area contributed by atoms with Crippen molar-refractivity contribution in [2.45, 2.75) is 0 Å². The van der Waals surface area contributed by atoms with Gasteiger partial charge < -0.3 is 0 Å². The van der Waals surface area contributed by atoms with Gasteiger partial charge in [-0.1, -0.05) is 66.2 Å². The molecule has 0 N–H and O–H groups in total. The van der Waals surface area contributed by atoms with Crippen LogP contribution in [0.1, 0.15) is 11.1 Å². The SMILES string of the molecule is N#C/C(=C\C=C\c1ccccc1)c1ccc(Cl)cc1. The molecular weight excluding hydrogens is 254 g/mol. The number of hydrogen-bond donors (Lipinski definition) is 0. The van der Waals surface area contributed by atoms with Crippen LogP contribution in [0.3, 0.4) is 0 Å². The molecule has 19 heavy (non-hydrogen) atoms. The van der Waals surface area contributed by atoms with E-state index >= 15 is 0 Å². The van der Waals surface area contributed by atoms with E-state index in [1.54, 1.807) is 18.2 Å². The first kappa shape index (κ1) is 13.1. The molecule has 0 radical (unpaired) electrons. The minimum absolute atomic E-state index is 0.615. The second-order valence-electron chi connectivity index (χ2n) is 3.97. The number of benzene rings is 2. The molecule has 0 aliphatic heterocycles. The van der Waals surface area contributed by atoms with Crippen LogP contribution in [0.4, 0.5) is 0 Å². The van der Waals surface area contributed by atoms with Crippen molar-refractivity contribution in [3.8, 4) is 6.07 Å². The molecule has 0 spiro atoms. The van der Waals surface area contributed by atoms with Crippen molar-refractivity contribution in [3.63, 3.8) is 0 Å². The molecule has 92 valence electrons. The maximum Gasteiger partial charge on any atom is 0.0997 e. The Kier molecular flexibility index (Phi) is 4.55. The lowest BCUT2D eigenvalue weighted by Crippen LogP contribution is -1.79. The van der Waals surface area contributed by atoms with Gasteiger partial charge in [0.1, 0.15) is 0 Å². The number of allylic oxidation sites excluding steroid dienone is 3. The molecule has 0 bridgehead atoms. The molecule has 0 amide bonds. The van der Waals surface area contributed by atoms with Crippen LogP contribution in [0, 0.1) is 11.3 Å². The molecule has 0 aliphatic rings. The molecule has 1 nitrogen and oxygen atoms in total. The third-order valence-electron chi connectivity index (χ3n) is 2.63. The third kappa shape index (κ3) is 3.84. The summed E-state index contributed by atoms with van der Waals surface area (Å²) in [7, 11) is 0. The minimum Gasteiger partial charge on any atom is -0.192 e. The van der Waals surface area contributed by atoms with Crippen LogP contribution in [0.5, 0.6) is 0 Å². The van der Waals surface area contributed by atoms with Crippen LogP contribution in [-0.4, -0.2) is 0 Å². The number of hydrogen-bond acceptors (Lipinski definition) is 1. The summed E-state index contributed by atoms with van der Waals surface area (Å²) in [4.78, 5) is 0. The molecule has 0 heterocycles. The van der Waals surface area contributed by atoms with Crippen molar-refractivity contribution in [2.75, 3.05) is 0 Å². The first-order chi connectivity index (χ1) is 9.29. The van der Waals surface area contributed by atoms with Crippen LogP contribution in [0.15, 0.2) is 66.7 Å². The summed E-state index contributed by atoms with van der Waals surface area (Å²) in [6.07, 6.45) is 5.64. The van der Waals surface area contributed by atoms with Gasteiger partial charge in [-0.15, -0.1) is 0 Å². The van der Waals surface area contributed by atoms with E-state index in [1.165, 1.54) is 0 Å². The first-order valence-corrected chi connectivity index (χ1v) is 6.27. The standard InChI is InChI=1S/C17H12ClN/c18-17-11-9-15(10-12-17)16(13-19)8-4-7-14-5-2-1-3-6-14/h1-12H/b7-4+,16-8+. The normalized spacial score (nSPS) is 11.5. The van der Waals surface area contributed by atoms with Gasteiger partial charge in [-0.25, -0.2) is 0 Å². The molecule has 0 saturated carbocycles. The Bertz CT molecular complexity index is 631. The summed E-state index contributed by atoms with van der Waals surface area (Å²) < 4.78 is 0. The van der Waals surface area contributed by atoms with E-state index in [0.717, 1.165) is 11.1 Å². The fourth-order valence-electron chi connectivity index (χ4n) is 1.65. The maximum absolute atomic E-state index is 9.16. The summed E-state index contributed by atoms with van der Waals surface area (Å²) in [5.74, 6) is 0. The van der Waals surface area contributed by atoms with Crippen LogP contribution in [-0.2, 0) is 0 Å². The van der Waals surface area contributed by atoms with Crippen LogP contribution >= 0.6 is 11.6 Å². The van der Waals surface area contributed by atoms with E-state index in [0.29, 0.717) is 10.6 Å². The fraction of sp³-hybridized carbons (Fsp3) is 0. The highest BCUT2D eigenvalue weighted by atomic mass is 35.5. The summed E-state index contributed by atoms with van der Waals surface area (Å²) in [5, 5.41) is 9.83. The number of nitrogens with zero attached hydrogens (tertiary/aromatic N) is 1. The average Bonchev–Trinajstić information content (AvgIpc) is 2.46. The summed E-state index contributed by atoms with van der Waals surface area (Å²) in [5.41, 5.74) is 2.58. The predicted octanol–water partition coefficient (Wildman–Crippen LogP) is 4.96. The van der Waals surface area contributed by atoms with Gasteiger partial charge in [-0.3, -0.25) is 0 Å². The molecule has 2 rings (SSSR count). The molecule has 2 heteroatoms. The summed E-state index contributed by atoms with van der Waals surface area (Å²) in [6.45, 7) is 0. The largest absolute Gasteiger partial charge is 0.192 e. The molecule has 0 aromatic heterocycles. The first-order valence-electron chi connectivity index (χ1n) is 5.89. The van der Waals surface area contributed by atoms with E-state index in [4.69, 9.17) is 16.9 Å². The van der Waals surface area contributed by atoms with Crippen molar-refractivity contribution < 1.29 is 0 Å². The number of nitriles is 1. The molecule has 0 saturated heterocycles. The Hall–Kier alpha value is -2.30. The van der Waals surface area contributed by atoms with E-state index in [1.807, 2.05) is 54.6 Å². The monoisotopic (exact) mass is 265 g/mol. The zero-order chi connectivity index (χ0) is 13.5. The van der Waals surface area contributed by atoms with Crippen LogP contribution in [0.25, 0.3) is 11.6 Å². The van der Waals surface area contributed by atoms with E-state index in [-0.39, 0.29) is 0 Å². The Morgan fingerprint density at radius 3 is 2.32 bits per heavy atom. The summed E-state index contributed by atoms with van der Waals surface area (Å²) >= 11 is 5.83. The van der Waals surface area contributed by atoms with Gasteiger partial charge in [0.05, 0.1) is 11.6 Å². The smallest absolute Gasteiger partial charge is 0.0997 e. The summed E-state index contributed by atoms with van der Waals surface area (Å²) in [6, 6.07) is 19.4. The second-order valence-corrected chi connectivity index (χ2v) is 4.41. The fourth-order valence-corrected chi connectivity index (χ4v) is 1.77. The minimum atomic E-state index is 0.615. The van der Waals surface area contributed by atoms with Crippen molar-refractivity contribution in [2.24, 2.45) is 0 Å². The highest BCUT2D eigenvalue weighted by Crippen LogP contribution is 2.17. The van der Waals surface area contributed by atoms with Crippen LogP contribution in [0.2, 0.25) is 5.02 Å².